The Morgan fingerprint density at radius 3 is 2.68 bits per heavy atom. The maximum atomic E-state index is 5.97. The number of benzene rings is 1. The van der Waals surface area contributed by atoms with Crippen LogP contribution in [0.3, 0.4) is 0 Å². The fourth-order valence-electron chi connectivity index (χ4n) is 3.73. The van der Waals surface area contributed by atoms with Gasteiger partial charge in [-0.25, -0.2) is 9.50 Å². The number of fused-ring (bicyclic) bond motifs is 1. The van der Waals surface area contributed by atoms with Crippen LogP contribution in [0.25, 0.3) is 16.2 Å². The number of nitrogens with zero attached hydrogens (tertiary/aromatic N) is 7. The zero-order chi connectivity index (χ0) is 19.1. The molecule has 1 aliphatic heterocycles. The van der Waals surface area contributed by atoms with Crippen LogP contribution in [0.2, 0.25) is 5.02 Å². The molecule has 0 saturated carbocycles. The largest absolute Gasteiger partial charge is 0.347 e. The molecule has 1 saturated heterocycles. The van der Waals surface area contributed by atoms with Crippen LogP contribution < -0.4 is 4.90 Å². The first-order valence-corrected chi connectivity index (χ1v) is 10.7. The summed E-state index contributed by atoms with van der Waals surface area (Å²) >= 11 is 7.61. The molecule has 7 nitrogen and oxygen atoms in total. The first-order valence-electron chi connectivity index (χ1n) is 9.46. The van der Waals surface area contributed by atoms with Gasteiger partial charge < -0.3 is 9.47 Å². The van der Waals surface area contributed by atoms with Gasteiger partial charge in [0.05, 0.1) is 11.9 Å². The second-order valence-electron chi connectivity index (χ2n) is 6.98. The molecular weight excluding hydrogens is 394 g/mol. The maximum Gasteiger partial charge on any atom is 0.214 e. The Hall–Kier alpha value is -2.45. The van der Waals surface area contributed by atoms with E-state index in [0.29, 0.717) is 5.92 Å². The molecule has 0 atom stereocenters. The van der Waals surface area contributed by atoms with Crippen molar-refractivity contribution in [1.82, 2.24) is 29.4 Å². The minimum atomic E-state index is 0.472. The Balaban J connectivity index is 1.31. The van der Waals surface area contributed by atoms with Crippen molar-refractivity contribution in [3.8, 4) is 11.3 Å². The van der Waals surface area contributed by atoms with E-state index >= 15 is 0 Å². The summed E-state index contributed by atoms with van der Waals surface area (Å²) in [7, 11) is 0. The number of anilines is 1. The summed E-state index contributed by atoms with van der Waals surface area (Å²) in [6.45, 7) is 5.00. The van der Waals surface area contributed by atoms with E-state index in [1.54, 1.807) is 11.3 Å². The molecule has 144 valence electrons. The molecule has 0 amide bonds. The molecule has 9 heteroatoms. The molecule has 28 heavy (non-hydrogen) atoms. The molecule has 0 radical (unpaired) electrons. The van der Waals surface area contributed by atoms with Crippen molar-refractivity contribution in [2.75, 3.05) is 18.0 Å². The molecule has 1 aromatic carbocycles. The van der Waals surface area contributed by atoms with Crippen molar-refractivity contribution in [2.24, 2.45) is 0 Å². The average Bonchev–Trinajstić information content (AvgIpc) is 3.43. The number of piperidine rings is 1. The zero-order valence-electron chi connectivity index (χ0n) is 15.5. The Bertz CT molecular complexity index is 1060. The number of aryl methyl sites for hydroxylation is 1. The topological polar surface area (TPSA) is 64.1 Å². The smallest absolute Gasteiger partial charge is 0.214 e. The van der Waals surface area contributed by atoms with Crippen molar-refractivity contribution in [3.63, 3.8) is 0 Å². The number of hydrogen-bond acceptors (Lipinski definition) is 6. The highest BCUT2D eigenvalue weighted by Crippen LogP contribution is 2.32. The highest BCUT2D eigenvalue weighted by molar-refractivity contribution is 7.20. The van der Waals surface area contributed by atoms with E-state index in [2.05, 4.69) is 26.6 Å². The summed E-state index contributed by atoms with van der Waals surface area (Å²) < 4.78 is 4.03. The van der Waals surface area contributed by atoms with Crippen LogP contribution in [-0.2, 0) is 6.54 Å². The number of rotatable bonds is 4. The van der Waals surface area contributed by atoms with E-state index in [0.717, 1.165) is 64.7 Å². The van der Waals surface area contributed by atoms with Gasteiger partial charge in [0.15, 0.2) is 0 Å². The molecule has 1 fully saturated rings. The van der Waals surface area contributed by atoms with Crippen LogP contribution in [0.1, 0.15) is 31.5 Å². The lowest BCUT2D eigenvalue weighted by atomic mass is 9.96. The number of halogens is 1. The van der Waals surface area contributed by atoms with Crippen LogP contribution in [0.5, 0.6) is 0 Å². The van der Waals surface area contributed by atoms with E-state index in [1.165, 1.54) is 0 Å². The van der Waals surface area contributed by atoms with Crippen molar-refractivity contribution in [1.29, 1.82) is 0 Å². The lowest BCUT2D eigenvalue weighted by Gasteiger charge is -2.30. The van der Waals surface area contributed by atoms with Gasteiger partial charge in [-0.1, -0.05) is 35.1 Å². The van der Waals surface area contributed by atoms with Gasteiger partial charge >= 0.3 is 0 Å². The lowest BCUT2D eigenvalue weighted by molar-refractivity contribution is 0.466. The van der Waals surface area contributed by atoms with Gasteiger partial charge in [-0.3, -0.25) is 0 Å². The van der Waals surface area contributed by atoms with Gasteiger partial charge in [-0.15, -0.1) is 15.3 Å². The second kappa shape index (κ2) is 7.18. The van der Waals surface area contributed by atoms with Gasteiger partial charge in [0.2, 0.25) is 10.1 Å². The van der Waals surface area contributed by atoms with Gasteiger partial charge in [-0.2, -0.15) is 0 Å². The molecule has 3 aromatic heterocycles. The molecule has 5 rings (SSSR count). The molecule has 0 unspecified atom stereocenters. The minimum absolute atomic E-state index is 0.472. The molecule has 1 aliphatic rings. The van der Waals surface area contributed by atoms with E-state index in [4.69, 9.17) is 21.7 Å². The Morgan fingerprint density at radius 1 is 1.18 bits per heavy atom. The van der Waals surface area contributed by atoms with E-state index in [1.807, 2.05) is 41.3 Å². The highest BCUT2D eigenvalue weighted by atomic mass is 35.5. The Morgan fingerprint density at radius 2 is 1.96 bits per heavy atom. The van der Waals surface area contributed by atoms with E-state index in [9.17, 15) is 0 Å². The van der Waals surface area contributed by atoms with Gasteiger partial charge in [-0.05, 0) is 31.9 Å². The zero-order valence-corrected chi connectivity index (χ0v) is 17.1. The third kappa shape index (κ3) is 3.16. The maximum absolute atomic E-state index is 5.97. The SMILES string of the molecule is CCn1cnnc1C1CCN(c2nn3cc(-c4ccc(Cl)cc4)nc3s2)CC1. The molecule has 0 aliphatic carbocycles. The van der Waals surface area contributed by atoms with Gasteiger partial charge in [0, 0.05) is 36.1 Å². The molecule has 0 spiro atoms. The summed E-state index contributed by atoms with van der Waals surface area (Å²) in [5.74, 6) is 1.59. The number of imidazole rings is 1. The van der Waals surface area contributed by atoms with Crippen LogP contribution in [0.15, 0.2) is 36.8 Å². The predicted molar refractivity (Wildman–Crippen MR) is 111 cm³/mol. The van der Waals surface area contributed by atoms with E-state index in [-0.39, 0.29) is 0 Å². The molecular formula is C19H20ClN7S. The highest BCUT2D eigenvalue weighted by Gasteiger charge is 2.26. The lowest BCUT2D eigenvalue weighted by Crippen LogP contribution is -2.33. The third-order valence-electron chi connectivity index (χ3n) is 5.29. The molecule has 4 heterocycles. The van der Waals surface area contributed by atoms with Crippen molar-refractivity contribution in [3.05, 3.63) is 47.6 Å². The van der Waals surface area contributed by atoms with Crippen LogP contribution in [0.4, 0.5) is 5.13 Å². The standard InChI is InChI=1S/C19H20ClN7S/c1-2-25-12-21-23-17(25)14-7-9-26(10-8-14)19-24-27-11-16(22-18(27)28-19)13-3-5-15(20)6-4-13/h3-6,11-12,14H,2,7-10H2,1H3. The fraction of sp³-hybridized carbons (Fsp3) is 0.368. The molecule has 4 aromatic rings. The third-order valence-corrected chi connectivity index (χ3v) is 6.52. The summed E-state index contributed by atoms with van der Waals surface area (Å²) in [6.07, 6.45) is 5.94. The van der Waals surface area contributed by atoms with Crippen LogP contribution in [0, 0.1) is 0 Å². The summed E-state index contributed by atoms with van der Waals surface area (Å²) in [4.78, 5) is 8.00. The molecule has 0 bridgehead atoms. The first-order chi connectivity index (χ1) is 13.7. The summed E-state index contributed by atoms with van der Waals surface area (Å²) in [5.41, 5.74) is 1.96. The number of aromatic nitrogens is 6. The van der Waals surface area contributed by atoms with Crippen molar-refractivity contribution >= 4 is 33.0 Å². The Labute approximate surface area is 171 Å². The number of hydrogen-bond donors (Lipinski definition) is 0. The van der Waals surface area contributed by atoms with Crippen molar-refractivity contribution in [2.45, 2.75) is 32.2 Å². The normalized spacial score (nSPS) is 15.6. The summed E-state index contributed by atoms with van der Waals surface area (Å²) in [6, 6.07) is 7.73. The minimum Gasteiger partial charge on any atom is -0.347 e. The van der Waals surface area contributed by atoms with Crippen LogP contribution >= 0.6 is 22.9 Å². The monoisotopic (exact) mass is 413 g/mol. The van der Waals surface area contributed by atoms with Gasteiger partial charge in [0.25, 0.3) is 0 Å². The predicted octanol–water partition coefficient (Wildman–Crippen LogP) is 4.11. The van der Waals surface area contributed by atoms with Crippen molar-refractivity contribution < 1.29 is 0 Å². The van der Waals surface area contributed by atoms with Gasteiger partial charge in [0.1, 0.15) is 12.2 Å². The Kier molecular flexibility index (Phi) is 4.52. The fourth-order valence-corrected chi connectivity index (χ4v) is 4.79. The molecule has 0 N–H and O–H groups in total. The average molecular weight is 414 g/mol. The van der Waals surface area contributed by atoms with Crippen LogP contribution in [-0.4, -0.2) is 42.5 Å². The summed E-state index contributed by atoms with van der Waals surface area (Å²) in [5, 5.41) is 14.9. The second-order valence-corrected chi connectivity index (χ2v) is 8.35. The first kappa shape index (κ1) is 17.6. The van der Waals surface area contributed by atoms with E-state index < -0.39 is 0 Å². The quantitative estimate of drug-likeness (QED) is 0.503.